The number of hydrazine groups is 1. The zero-order valence-corrected chi connectivity index (χ0v) is 14.9. The minimum absolute atomic E-state index is 0.334. The van der Waals surface area contributed by atoms with Crippen LogP contribution in [0.1, 0.15) is 40.8 Å². The fraction of sp³-hybridized carbons (Fsp3) is 0.235. The summed E-state index contributed by atoms with van der Waals surface area (Å²) in [7, 11) is 0. The first-order valence-electron chi connectivity index (χ1n) is 7.49. The molecule has 3 N–H and O–H groups in total. The van der Waals surface area contributed by atoms with Crippen LogP contribution in [0.3, 0.4) is 0 Å². The summed E-state index contributed by atoms with van der Waals surface area (Å²) in [6, 6.07) is 9.60. The molecule has 2 aromatic rings. The van der Waals surface area contributed by atoms with Gasteiger partial charge in [-0.3, -0.25) is 25.8 Å². The molecule has 0 aliphatic carbocycles. The molecule has 0 aliphatic rings. The van der Waals surface area contributed by atoms with E-state index >= 15 is 0 Å². The number of amides is 3. The predicted octanol–water partition coefficient (Wildman–Crippen LogP) is 3.17. The van der Waals surface area contributed by atoms with Crippen molar-refractivity contribution >= 4 is 34.9 Å². The van der Waals surface area contributed by atoms with Crippen LogP contribution in [0.4, 0.5) is 10.5 Å². The van der Waals surface area contributed by atoms with E-state index in [0.29, 0.717) is 16.1 Å². The summed E-state index contributed by atoms with van der Waals surface area (Å²) in [5.74, 6) is -0.847. The molecule has 0 unspecified atom stereocenters. The fourth-order valence-electron chi connectivity index (χ4n) is 1.78. The van der Waals surface area contributed by atoms with Crippen molar-refractivity contribution in [3.8, 4) is 0 Å². The molecule has 2 rings (SSSR count). The monoisotopic (exact) mass is 361 g/mol. The van der Waals surface area contributed by atoms with Gasteiger partial charge in [-0.1, -0.05) is 6.07 Å². The van der Waals surface area contributed by atoms with Crippen LogP contribution in [0.25, 0.3) is 0 Å². The molecule has 1 heterocycles. The molecule has 0 saturated carbocycles. The summed E-state index contributed by atoms with van der Waals surface area (Å²) < 4.78 is 5.14. The Morgan fingerprint density at radius 2 is 1.60 bits per heavy atom. The number of nitrogens with one attached hydrogen (secondary N) is 3. The third-order valence-electron chi connectivity index (χ3n) is 2.83. The van der Waals surface area contributed by atoms with Gasteiger partial charge in [0.1, 0.15) is 5.60 Å². The summed E-state index contributed by atoms with van der Waals surface area (Å²) in [6.07, 6.45) is -0.576. The Hall–Kier alpha value is -2.87. The van der Waals surface area contributed by atoms with Gasteiger partial charge < -0.3 is 4.74 Å². The second-order valence-electron chi connectivity index (χ2n) is 6.09. The number of rotatable bonds is 3. The van der Waals surface area contributed by atoms with Gasteiger partial charge in [0.15, 0.2) is 0 Å². The maximum absolute atomic E-state index is 12.0. The average molecular weight is 361 g/mol. The number of ether oxygens (including phenoxy) is 1. The summed E-state index contributed by atoms with van der Waals surface area (Å²) in [4.78, 5) is 35.9. The maximum atomic E-state index is 12.0. The lowest BCUT2D eigenvalue weighted by Gasteiger charge is -2.19. The third kappa shape index (κ3) is 5.92. The first-order chi connectivity index (χ1) is 11.7. The molecule has 8 heteroatoms. The van der Waals surface area contributed by atoms with Crippen molar-refractivity contribution in [3.63, 3.8) is 0 Å². The zero-order chi connectivity index (χ0) is 18.4. The summed E-state index contributed by atoms with van der Waals surface area (Å²) >= 11 is 1.27. The highest BCUT2D eigenvalue weighted by Gasteiger charge is 2.16. The Morgan fingerprint density at radius 1 is 0.960 bits per heavy atom. The van der Waals surface area contributed by atoms with E-state index in [4.69, 9.17) is 4.74 Å². The molecule has 0 spiro atoms. The molecule has 0 aliphatic heterocycles. The van der Waals surface area contributed by atoms with E-state index in [1.54, 1.807) is 50.4 Å². The number of carbonyl (C=O) groups is 3. The van der Waals surface area contributed by atoms with Crippen LogP contribution < -0.4 is 16.2 Å². The van der Waals surface area contributed by atoms with Gasteiger partial charge >= 0.3 is 6.09 Å². The standard InChI is InChI=1S/C17H19N3O4S/c1-17(2,3)24-16(23)18-12-8-6-11(7-9-12)14(21)19-20-15(22)13-5-4-10-25-13/h4-10H,1-3H3,(H,18,23)(H,19,21)(H,20,22). The number of hydrogen-bond acceptors (Lipinski definition) is 5. The van der Waals surface area contributed by atoms with Crippen LogP contribution >= 0.6 is 11.3 Å². The number of benzene rings is 1. The lowest BCUT2D eigenvalue weighted by Crippen LogP contribution is -2.41. The highest BCUT2D eigenvalue weighted by molar-refractivity contribution is 7.12. The SMILES string of the molecule is CC(C)(C)OC(=O)Nc1ccc(C(=O)NNC(=O)c2cccs2)cc1. The molecule has 3 amide bonds. The van der Waals surface area contributed by atoms with Gasteiger partial charge in [0.25, 0.3) is 11.8 Å². The first kappa shape index (κ1) is 18.5. The Bertz CT molecular complexity index is 749. The normalized spacial score (nSPS) is 10.7. The Kier molecular flexibility index (Phi) is 5.76. The highest BCUT2D eigenvalue weighted by atomic mass is 32.1. The van der Waals surface area contributed by atoms with Gasteiger partial charge in [-0.05, 0) is 56.5 Å². The van der Waals surface area contributed by atoms with Crippen molar-refractivity contribution < 1.29 is 19.1 Å². The van der Waals surface area contributed by atoms with E-state index < -0.39 is 17.6 Å². The van der Waals surface area contributed by atoms with E-state index in [2.05, 4.69) is 16.2 Å². The van der Waals surface area contributed by atoms with Gasteiger partial charge in [-0.2, -0.15) is 0 Å². The Morgan fingerprint density at radius 3 is 2.16 bits per heavy atom. The van der Waals surface area contributed by atoms with Gasteiger partial charge in [0.2, 0.25) is 0 Å². The molecular formula is C17H19N3O4S. The molecule has 0 radical (unpaired) electrons. The van der Waals surface area contributed by atoms with E-state index in [0.717, 1.165) is 0 Å². The number of carbonyl (C=O) groups excluding carboxylic acids is 3. The molecule has 0 bridgehead atoms. The third-order valence-corrected chi connectivity index (χ3v) is 3.70. The molecule has 25 heavy (non-hydrogen) atoms. The molecule has 0 atom stereocenters. The largest absolute Gasteiger partial charge is 0.444 e. The van der Waals surface area contributed by atoms with Crippen LogP contribution in [0.2, 0.25) is 0 Å². The lowest BCUT2D eigenvalue weighted by atomic mass is 10.2. The van der Waals surface area contributed by atoms with E-state index in [9.17, 15) is 14.4 Å². The van der Waals surface area contributed by atoms with E-state index in [1.807, 2.05) is 0 Å². The molecule has 1 aromatic carbocycles. The quantitative estimate of drug-likeness (QED) is 0.732. The van der Waals surface area contributed by atoms with Gasteiger partial charge in [-0.15, -0.1) is 11.3 Å². The topological polar surface area (TPSA) is 96.5 Å². The first-order valence-corrected chi connectivity index (χ1v) is 8.37. The fourth-order valence-corrected chi connectivity index (χ4v) is 2.40. The van der Waals surface area contributed by atoms with Crippen molar-refractivity contribution in [2.75, 3.05) is 5.32 Å². The highest BCUT2D eigenvalue weighted by Crippen LogP contribution is 2.13. The van der Waals surface area contributed by atoms with Gasteiger partial charge in [-0.25, -0.2) is 4.79 Å². The van der Waals surface area contributed by atoms with Crippen molar-refractivity contribution in [1.82, 2.24) is 10.9 Å². The molecule has 1 aromatic heterocycles. The molecular weight excluding hydrogens is 342 g/mol. The van der Waals surface area contributed by atoms with Gasteiger partial charge in [0, 0.05) is 11.3 Å². The summed E-state index contributed by atoms with van der Waals surface area (Å²) in [6.45, 7) is 5.31. The minimum Gasteiger partial charge on any atom is -0.444 e. The Labute approximate surface area is 149 Å². The predicted molar refractivity (Wildman–Crippen MR) is 95.6 cm³/mol. The number of thiophene rings is 1. The maximum Gasteiger partial charge on any atom is 0.412 e. The van der Waals surface area contributed by atoms with Crippen molar-refractivity contribution in [2.24, 2.45) is 0 Å². The van der Waals surface area contributed by atoms with E-state index in [1.165, 1.54) is 23.5 Å². The van der Waals surface area contributed by atoms with Crippen LogP contribution in [0.15, 0.2) is 41.8 Å². The number of anilines is 1. The van der Waals surface area contributed by atoms with Gasteiger partial charge in [0.05, 0.1) is 4.88 Å². The molecule has 7 nitrogen and oxygen atoms in total. The van der Waals surface area contributed by atoms with Crippen molar-refractivity contribution in [1.29, 1.82) is 0 Å². The van der Waals surface area contributed by atoms with E-state index in [-0.39, 0.29) is 5.91 Å². The molecule has 0 saturated heterocycles. The van der Waals surface area contributed by atoms with Crippen molar-refractivity contribution in [3.05, 3.63) is 52.2 Å². The second kappa shape index (κ2) is 7.80. The number of hydrogen-bond donors (Lipinski definition) is 3. The molecule has 132 valence electrons. The average Bonchev–Trinajstić information content (AvgIpc) is 3.05. The van der Waals surface area contributed by atoms with Crippen LogP contribution in [0.5, 0.6) is 0 Å². The Balaban J connectivity index is 1.87. The van der Waals surface area contributed by atoms with Crippen LogP contribution in [0, 0.1) is 0 Å². The second-order valence-corrected chi connectivity index (χ2v) is 7.04. The smallest absolute Gasteiger partial charge is 0.412 e. The van der Waals surface area contributed by atoms with Crippen molar-refractivity contribution in [2.45, 2.75) is 26.4 Å². The zero-order valence-electron chi connectivity index (χ0n) is 14.1. The van der Waals surface area contributed by atoms with Crippen LogP contribution in [-0.4, -0.2) is 23.5 Å². The summed E-state index contributed by atoms with van der Waals surface area (Å²) in [5.41, 5.74) is 4.91. The minimum atomic E-state index is -0.593. The summed E-state index contributed by atoms with van der Waals surface area (Å²) in [5, 5.41) is 4.34. The lowest BCUT2D eigenvalue weighted by molar-refractivity contribution is 0.0635. The van der Waals surface area contributed by atoms with Crippen LogP contribution in [-0.2, 0) is 4.74 Å². The molecule has 0 fully saturated rings.